The number of carbonyl (C=O) groups is 1. The van der Waals surface area contributed by atoms with Crippen LogP contribution in [0.15, 0.2) is 11.6 Å². The Morgan fingerprint density at radius 2 is 2.08 bits per heavy atom. The summed E-state index contributed by atoms with van der Waals surface area (Å²) in [5.74, 6) is -4.30. The van der Waals surface area contributed by atoms with E-state index in [0.717, 1.165) is 0 Å². The summed E-state index contributed by atoms with van der Waals surface area (Å²) in [6.07, 6.45) is 1.23. The van der Waals surface area contributed by atoms with Crippen LogP contribution in [0.3, 0.4) is 0 Å². The molecule has 70 valence electrons. The molecule has 0 aliphatic carbocycles. The number of hydrogen-bond donors (Lipinski definition) is 1. The first-order chi connectivity index (χ1) is 5.37. The molecule has 0 amide bonds. The molecule has 12 heavy (non-hydrogen) atoms. The van der Waals surface area contributed by atoms with Gasteiger partial charge in [-0.2, -0.15) is 0 Å². The van der Waals surface area contributed by atoms with E-state index in [1.165, 1.54) is 0 Å². The second-order valence-corrected chi connectivity index (χ2v) is 2.68. The average molecular weight is 178 g/mol. The maximum Gasteiger partial charge on any atom is 0.331 e. The number of hydrogen-bond acceptors (Lipinski definition) is 1. The fourth-order valence-electron chi connectivity index (χ4n) is 0.816. The van der Waals surface area contributed by atoms with E-state index in [9.17, 15) is 13.6 Å². The minimum Gasteiger partial charge on any atom is -0.478 e. The van der Waals surface area contributed by atoms with Crippen molar-refractivity contribution in [1.82, 2.24) is 0 Å². The van der Waals surface area contributed by atoms with Crippen LogP contribution in [0.2, 0.25) is 0 Å². The fourth-order valence-corrected chi connectivity index (χ4v) is 0.816. The highest BCUT2D eigenvalue weighted by atomic mass is 19.3. The van der Waals surface area contributed by atoms with Gasteiger partial charge in [-0.25, -0.2) is 13.6 Å². The van der Waals surface area contributed by atoms with Gasteiger partial charge < -0.3 is 5.11 Å². The van der Waals surface area contributed by atoms with E-state index in [-0.39, 0.29) is 12.0 Å². The van der Waals surface area contributed by atoms with Crippen LogP contribution in [-0.2, 0) is 4.79 Å². The van der Waals surface area contributed by atoms with Crippen molar-refractivity contribution < 1.29 is 18.7 Å². The van der Waals surface area contributed by atoms with Crippen LogP contribution in [0.1, 0.15) is 26.7 Å². The summed E-state index contributed by atoms with van der Waals surface area (Å²) < 4.78 is 24.6. The largest absolute Gasteiger partial charge is 0.478 e. The maximum absolute atomic E-state index is 12.3. The molecule has 0 atom stereocenters. The highest BCUT2D eigenvalue weighted by molar-refractivity contribution is 5.86. The molecule has 0 radical (unpaired) electrons. The van der Waals surface area contributed by atoms with Crippen molar-refractivity contribution in [3.05, 3.63) is 11.6 Å². The van der Waals surface area contributed by atoms with E-state index in [1.807, 2.05) is 0 Å². The van der Waals surface area contributed by atoms with E-state index in [0.29, 0.717) is 19.4 Å². The number of allylic oxidation sites excluding steroid dienone is 1. The summed E-state index contributed by atoms with van der Waals surface area (Å²) in [7, 11) is 0. The molecule has 0 saturated heterocycles. The summed E-state index contributed by atoms with van der Waals surface area (Å²) in [5, 5.41) is 8.47. The molecule has 0 aromatic rings. The van der Waals surface area contributed by atoms with Crippen LogP contribution < -0.4 is 0 Å². The van der Waals surface area contributed by atoms with Gasteiger partial charge in [0.25, 0.3) is 5.92 Å². The number of rotatable bonds is 4. The lowest BCUT2D eigenvalue weighted by atomic mass is 10.1. The zero-order chi connectivity index (χ0) is 9.78. The molecule has 0 unspecified atom stereocenters. The lowest BCUT2D eigenvalue weighted by molar-refractivity contribution is -0.133. The third-order valence-corrected chi connectivity index (χ3v) is 1.22. The Morgan fingerprint density at radius 1 is 1.58 bits per heavy atom. The predicted molar refractivity (Wildman–Crippen MR) is 41.2 cm³/mol. The molecule has 0 aliphatic heterocycles. The van der Waals surface area contributed by atoms with E-state index in [1.54, 1.807) is 6.92 Å². The first-order valence-corrected chi connectivity index (χ1v) is 3.69. The maximum atomic E-state index is 12.3. The third kappa shape index (κ3) is 4.82. The van der Waals surface area contributed by atoms with Crippen LogP contribution in [-0.4, -0.2) is 17.0 Å². The normalized spacial score (nSPS) is 13.2. The van der Waals surface area contributed by atoms with Crippen molar-refractivity contribution in [2.24, 2.45) is 0 Å². The molecular weight excluding hydrogens is 166 g/mol. The minimum atomic E-state index is -3.04. The summed E-state index contributed by atoms with van der Waals surface area (Å²) >= 11 is 0. The third-order valence-electron chi connectivity index (χ3n) is 1.22. The van der Waals surface area contributed by atoms with Gasteiger partial charge in [-0.1, -0.05) is 13.3 Å². The van der Waals surface area contributed by atoms with E-state index >= 15 is 0 Å². The Hall–Kier alpha value is -0.930. The molecule has 0 saturated carbocycles. The highest BCUT2D eigenvalue weighted by Gasteiger charge is 2.20. The van der Waals surface area contributed by atoms with Gasteiger partial charge >= 0.3 is 5.97 Å². The first kappa shape index (κ1) is 11.1. The molecule has 0 heterocycles. The molecular formula is C8H12F2O2. The number of carboxylic acid groups (broad SMARTS) is 1. The molecule has 0 aromatic heterocycles. The minimum absolute atomic E-state index is 0.179. The summed E-state index contributed by atoms with van der Waals surface area (Å²) in [6, 6.07) is 0. The molecule has 0 aromatic carbocycles. The second kappa shape index (κ2) is 4.18. The predicted octanol–water partition coefficient (Wildman–Crippen LogP) is 2.45. The van der Waals surface area contributed by atoms with Gasteiger partial charge in [-0.3, -0.25) is 0 Å². The molecule has 0 bridgehead atoms. The molecule has 0 spiro atoms. The Morgan fingerprint density at radius 3 is 2.33 bits per heavy atom. The van der Waals surface area contributed by atoms with Crippen molar-refractivity contribution in [3.8, 4) is 0 Å². The molecule has 2 nitrogen and oxygen atoms in total. The van der Waals surface area contributed by atoms with E-state index < -0.39 is 11.9 Å². The highest BCUT2D eigenvalue weighted by Crippen LogP contribution is 2.18. The van der Waals surface area contributed by atoms with Crippen molar-refractivity contribution in [2.45, 2.75) is 32.6 Å². The number of halogens is 2. The lowest BCUT2D eigenvalue weighted by Gasteiger charge is -2.05. The standard InChI is InChI=1S/C8H12F2O2/c1-3-4-6(7(11)12)5-8(2,9)10/h5H,3-4H2,1-2H3,(H,11,12). The Labute approximate surface area is 69.9 Å². The smallest absolute Gasteiger partial charge is 0.331 e. The van der Waals surface area contributed by atoms with Crippen LogP contribution in [0, 0.1) is 0 Å². The van der Waals surface area contributed by atoms with Crippen LogP contribution in [0.25, 0.3) is 0 Å². The van der Waals surface area contributed by atoms with Crippen molar-refractivity contribution in [2.75, 3.05) is 0 Å². The van der Waals surface area contributed by atoms with Crippen LogP contribution >= 0.6 is 0 Å². The molecule has 0 fully saturated rings. The van der Waals surface area contributed by atoms with Crippen LogP contribution in [0.4, 0.5) is 8.78 Å². The van der Waals surface area contributed by atoms with Gasteiger partial charge in [0.2, 0.25) is 0 Å². The first-order valence-electron chi connectivity index (χ1n) is 3.69. The Balaban J connectivity index is 4.50. The Kier molecular flexibility index (Phi) is 3.86. The fraction of sp³-hybridized carbons (Fsp3) is 0.625. The quantitative estimate of drug-likeness (QED) is 0.671. The second-order valence-electron chi connectivity index (χ2n) is 2.68. The molecule has 4 heteroatoms. The van der Waals surface area contributed by atoms with E-state index in [4.69, 9.17) is 5.11 Å². The molecule has 0 rings (SSSR count). The number of alkyl halides is 2. The average Bonchev–Trinajstić information content (AvgIpc) is 1.83. The summed E-state index contributed by atoms with van der Waals surface area (Å²) in [6.45, 7) is 2.41. The van der Waals surface area contributed by atoms with Gasteiger partial charge in [0.1, 0.15) is 0 Å². The summed E-state index contributed by atoms with van der Waals surface area (Å²) in [4.78, 5) is 10.4. The van der Waals surface area contributed by atoms with Crippen LogP contribution in [0.5, 0.6) is 0 Å². The zero-order valence-electron chi connectivity index (χ0n) is 7.10. The monoisotopic (exact) mass is 178 g/mol. The summed E-state index contributed by atoms with van der Waals surface area (Å²) in [5.41, 5.74) is -0.218. The van der Waals surface area contributed by atoms with Gasteiger partial charge in [-0.15, -0.1) is 0 Å². The zero-order valence-corrected chi connectivity index (χ0v) is 7.10. The molecule has 0 aliphatic rings. The van der Waals surface area contributed by atoms with Crippen molar-refractivity contribution in [1.29, 1.82) is 0 Å². The molecule has 1 N–H and O–H groups in total. The van der Waals surface area contributed by atoms with Gasteiger partial charge in [0, 0.05) is 12.5 Å². The van der Waals surface area contributed by atoms with Crippen molar-refractivity contribution >= 4 is 5.97 Å². The van der Waals surface area contributed by atoms with Gasteiger partial charge in [0.15, 0.2) is 0 Å². The number of aliphatic carboxylic acids is 1. The Bertz CT molecular complexity index is 192. The van der Waals surface area contributed by atoms with Gasteiger partial charge in [-0.05, 0) is 12.5 Å². The lowest BCUT2D eigenvalue weighted by Crippen LogP contribution is -2.10. The van der Waals surface area contributed by atoms with Crippen molar-refractivity contribution in [3.63, 3.8) is 0 Å². The number of carboxylic acids is 1. The topological polar surface area (TPSA) is 37.3 Å². The van der Waals surface area contributed by atoms with E-state index in [2.05, 4.69) is 0 Å². The SMILES string of the molecule is CCCC(=CC(C)(F)F)C(=O)O. The van der Waals surface area contributed by atoms with Gasteiger partial charge in [0.05, 0.1) is 0 Å².